The molecule has 1 saturated heterocycles. The maximum atomic E-state index is 13.1. The van der Waals surface area contributed by atoms with E-state index in [0.717, 1.165) is 5.56 Å². The van der Waals surface area contributed by atoms with E-state index in [0.29, 0.717) is 23.5 Å². The van der Waals surface area contributed by atoms with Gasteiger partial charge in [0.05, 0.1) is 11.6 Å². The molecule has 1 fully saturated rings. The Balaban J connectivity index is 1.84. The number of aliphatic hydroxyl groups is 1. The summed E-state index contributed by atoms with van der Waals surface area (Å²) in [5.74, 6) is -1.04. The third-order valence-corrected chi connectivity index (χ3v) is 5.23. The van der Waals surface area contributed by atoms with E-state index >= 15 is 0 Å². The van der Waals surface area contributed by atoms with Gasteiger partial charge in [-0.25, -0.2) is 0 Å². The predicted octanol–water partition coefficient (Wildman–Crippen LogP) is 4.27. The summed E-state index contributed by atoms with van der Waals surface area (Å²) in [5.41, 5.74) is 2.00. The van der Waals surface area contributed by atoms with Crippen LogP contribution < -0.4 is 4.74 Å². The Morgan fingerprint density at radius 1 is 1.06 bits per heavy atom. The number of carbonyl (C=O) groups excluding carboxylic acids is 2. The lowest BCUT2D eigenvalue weighted by atomic mass is 9.95. The second-order valence-electron chi connectivity index (χ2n) is 7.32. The fourth-order valence-electron chi connectivity index (χ4n) is 3.76. The SMILES string of the molecule is C=CCOc1cccc(C2C(=C(O)c3ccncc3)C(=O)C(=O)N2Cc2ccccc2)c1. The minimum atomic E-state index is -0.768. The van der Waals surface area contributed by atoms with Crippen LogP contribution in [0.15, 0.2) is 97.4 Å². The summed E-state index contributed by atoms with van der Waals surface area (Å²) in [6, 6.07) is 19.0. The Hall–Kier alpha value is -4.19. The van der Waals surface area contributed by atoms with Crippen LogP contribution >= 0.6 is 0 Å². The molecule has 1 aliphatic heterocycles. The average Bonchev–Trinajstić information content (AvgIpc) is 3.08. The molecule has 1 aromatic heterocycles. The number of benzene rings is 2. The van der Waals surface area contributed by atoms with Gasteiger partial charge in [0.15, 0.2) is 0 Å². The molecule has 4 rings (SSSR count). The number of amides is 1. The van der Waals surface area contributed by atoms with E-state index in [1.54, 1.807) is 36.4 Å². The van der Waals surface area contributed by atoms with Crippen LogP contribution in [0.25, 0.3) is 5.76 Å². The van der Waals surface area contributed by atoms with Gasteiger partial charge < -0.3 is 14.7 Å². The topological polar surface area (TPSA) is 79.7 Å². The second kappa shape index (κ2) is 9.31. The molecule has 6 heteroatoms. The van der Waals surface area contributed by atoms with E-state index in [-0.39, 0.29) is 17.9 Å². The van der Waals surface area contributed by atoms with Gasteiger partial charge in [0.25, 0.3) is 11.7 Å². The summed E-state index contributed by atoms with van der Waals surface area (Å²) in [6.07, 6.45) is 4.68. The van der Waals surface area contributed by atoms with Crippen LogP contribution in [0.5, 0.6) is 5.75 Å². The zero-order chi connectivity index (χ0) is 22.5. The Morgan fingerprint density at radius 3 is 2.53 bits per heavy atom. The highest BCUT2D eigenvalue weighted by molar-refractivity contribution is 6.46. The van der Waals surface area contributed by atoms with E-state index in [2.05, 4.69) is 11.6 Å². The molecular formula is C26H22N2O4. The zero-order valence-corrected chi connectivity index (χ0v) is 17.3. The minimum Gasteiger partial charge on any atom is -0.507 e. The number of nitrogens with zero attached hydrogens (tertiary/aromatic N) is 2. The Labute approximate surface area is 186 Å². The highest BCUT2D eigenvalue weighted by Gasteiger charge is 2.46. The molecule has 1 N–H and O–H groups in total. The first-order valence-electron chi connectivity index (χ1n) is 10.2. The average molecular weight is 426 g/mol. The molecule has 0 bridgehead atoms. The molecule has 6 nitrogen and oxygen atoms in total. The largest absolute Gasteiger partial charge is 0.507 e. The van der Waals surface area contributed by atoms with Crippen LogP contribution in [0, 0.1) is 0 Å². The molecule has 32 heavy (non-hydrogen) atoms. The van der Waals surface area contributed by atoms with Crippen LogP contribution in [0.4, 0.5) is 0 Å². The van der Waals surface area contributed by atoms with Gasteiger partial charge in [0, 0.05) is 24.5 Å². The molecule has 0 saturated carbocycles. The van der Waals surface area contributed by atoms with E-state index < -0.39 is 17.7 Å². The molecule has 0 spiro atoms. The van der Waals surface area contributed by atoms with Gasteiger partial charge in [0.1, 0.15) is 18.1 Å². The third-order valence-electron chi connectivity index (χ3n) is 5.23. The molecule has 0 radical (unpaired) electrons. The van der Waals surface area contributed by atoms with Crippen molar-refractivity contribution in [3.05, 3.63) is 114 Å². The first-order chi connectivity index (χ1) is 15.6. The fourth-order valence-corrected chi connectivity index (χ4v) is 3.76. The molecule has 1 amide bonds. The van der Waals surface area contributed by atoms with E-state index in [1.165, 1.54) is 17.3 Å². The lowest BCUT2D eigenvalue weighted by Crippen LogP contribution is -2.29. The van der Waals surface area contributed by atoms with Gasteiger partial charge in [0.2, 0.25) is 0 Å². The minimum absolute atomic E-state index is 0.0398. The summed E-state index contributed by atoms with van der Waals surface area (Å²) in [6.45, 7) is 4.20. The number of hydrogen-bond donors (Lipinski definition) is 1. The number of pyridine rings is 1. The van der Waals surface area contributed by atoms with Gasteiger partial charge in [-0.3, -0.25) is 14.6 Å². The van der Waals surface area contributed by atoms with Crippen LogP contribution in [-0.4, -0.2) is 33.3 Å². The molecule has 2 aromatic carbocycles. The van der Waals surface area contributed by atoms with Gasteiger partial charge in [-0.05, 0) is 35.4 Å². The first kappa shape index (κ1) is 21.1. The van der Waals surface area contributed by atoms with Crippen molar-refractivity contribution < 1.29 is 19.4 Å². The zero-order valence-electron chi connectivity index (χ0n) is 17.3. The van der Waals surface area contributed by atoms with Gasteiger partial charge >= 0.3 is 0 Å². The van der Waals surface area contributed by atoms with Gasteiger partial charge in [-0.1, -0.05) is 55.1 Å². The van der Waals surface area contributed by atoms with Crippen molar-refractivity contribution in [1.82, 2.24) is 9.88 Å². The van der Waals surface area contributed by atoms with E-state index in [4.69, 9.17) is 4.74 Å². The Bertz CT molecular complexity index is 1170. The van der Waals surface area contributed by atoms with Crippen molar-refractivity contribution in [2.75, 3.05) is 6.61 Å². The number of likely N-dealkylation sites (tertiary alicyclic amines) is 1. The van der Waals surface area contributed by atoms with Gasteiger partial charge in [-0.15, -0.1) is 0 Å². The number of aliphatic hydroxyl groups excluding tert-OH is 1. The molecule has 1 unspecified atom stereocenters. The number of aromatic nitrogens is 1. The van der Waals surface area contributed by atoms with Crippen molar-refractivity contribution in [3.63, 3.8) is 0 Å². The van der Waals surface area contributed by atoms with Crippen LogP contribution in [0.2, 0.25) is 0 Å². The smallest absolute Gasteiger partial charge is 0.295 e. The second-order valence-corrected chi connectivity index (χ2v) is 7.32. The van der Waals surface area contributed by atoms with Crippen LogP contribution in [0.3, 0.4) is 0 Å². The normalized spacial score (nSPS) is 17.4. The van der Waals surface area contributed by atoms with E-state index in [1.807, 2.05) is 36.4 Å². The van der Waals surface area contributed by atoms with Crippen LogP contribution in [0.1, 0.15) is 22.7 Å². The molecule has 1 aliphatic rings. The summed E-state index contributed by atoms with van der Waals surface area (Å²) < 4.78 is 5.65. The molecule has 1 atom stereocenters. The lowest BCUT2D eigenvalue weighted by Gasteiger charge is -2.25. The molecule has 3 aromatic rings. The van der Waals surface area contributed by atoms with Crippen LogP contribution in [-0.2, 0) is 16.1 Å². The number of hydrogen-bond acceptors (Lipinski definition) is 5. The van der Waals surface area contributed by atoms with E-state index in [9.17, 15) is 14.7 Å². The predicted molar refractivity (Wildman–Crippen MR) is 121 cm³/mol. The quantitative estimate of drug-likeness (QED) is 0.264. The highest BCUT2D eigenvalue weighted by atomic mass is 16.5. The molecule has 2 heterocycles. The van der Waals surface area contributed by atoms with Crippen molar-refractivity contribution in [1.29, 1.82) is 0 Å². The van der Waals surface area contributed by atoms with Crippen molar-refractivity contribution in [2.24, 2.45) is 0 Å². The summed E-state index contributed by atoms with van der Waals surface area (Å²) in [5, 5.41) is 11.0. The molecule has 0 aliphatic carbocycles. The number of carbonyl (C=O) groups is 2. The van der Waals surface area contributed by atoms with Crippen molar-refractivity contribution >= 4 is 17.4 Å². The fraction of sp³-hybridized carbons (Fsp3) is 0.115. The number of rotatable bonds is 7. The first-order valence-corrected chi connectivity index (χ1v) is 10.2. The standard InChI is InChI=1S/C26H22N2O4/c1-2-15-32-21-10-6-9-20(16-21)23-22(24(29)19-11-13-27-14-12-19)25(30)26(31)28(23)17-18-7-4-3-5-8-18/h2-14,16,23,29H,1,15,17H2. The number of ether oxygens (including phenoxy) is 1. The lowest BCUT2D eigenvalue weighted by molar-refractivity contribution is -0.140. The Morgan fingerprint density at radius 2 is 1.81 bits per heavy atom. The molecular weight excluding hydrogens is 404 g/mol. The van der Waals surface area contributed by atoms with Crippen molar-refractivity contribution in [2.45, 2.75) is 12.6 Å². The monoisotopic (exact) mass is 426 g/mol. The Kier molecular flexibility index (Phi) is 6.12. The third kappa shape index (κ3) is 4.16. The maximum Gasteiger partial charge on any atom is 0.295 e. The summed E-state index contributed by atoms with van der Waals surface area (Å²) >= 11 is 0. The maximum absolute atomic E-state index is 13.1. The highest BCUT2D eigenvalue weighted by Crippen LogP contribution is 2.41. The number of ketones is 1. The van der Waals surface area contributed by atoms with Gasteiger partial charge in [-0.2, -0.15) is 0 Å². The molecule has 160 valence electrons. The van der Waals surface area contributed by atoms with Crippen molar-refractivity contribution in [3.8, 4) is 5.75 Å². The number of Topliss-reactive ketones (excluding diaryl/α,β-unsaturated/α-hetero) is 1. The summed E-state index contributed by atoms with van der Waals surface area (Å²) in [4.78, 5) is 31.6. The summed E-state index contributed by atoms with van der Waals surface area (Å²) in [7, 11) is 0.